The molecule has 0 bridgehead atoms. The lowest BCUT2D eigenvalue weighted by Gasteiger charge is -2.01. The summed E-state index contributed by atoms with van der Waals surface area (Å²) >= 11 is 1.50. The maximum absolute atomic E-state index is 12.4. The number of aromatic nitrogens is 1. The Kier molecular flexibility index (Phi) is 4.96. The Hall–Kier alpha value is -2.59. The Bertz CT molecular complexity index is 851. The summed E-state index contributed by atoms with van der Waals surface area (Å²) in [6.45, 7) is 1.56. The minimum absolute atomic E-state index is 0.0401. The smallest absolute Gasteiger partial charge is 0.169 e. The molecule has 0 fully saturated rings. The van der Waals surface area contributed by atoms with Crippen LogP contribution in [0.5, 0.6) is 0 Å². The van der Waals surface area contributed by atoms with E-state index in [4.69, 9.17) is 0 Å². The van der Waals surface area contributed by atoms with Gasteiger partial charge in [0.15, 0.2) is 5.78 Å². The average Bonchev–Trinajstić information content (AvgIpc) is 3.04. The number of benzene rings is 2. The molecule has 2 aromatic carbocycles. The second kappa shape index (κ2) is 7.32. The number of nitrogens with zero attached hydrogens (tertiary/aromatic N) is 1. The zero-order valence-corrected chi connectivity index (χ0v) is 14.2. The van der Waals surface area contributed by atoms with Gasteiger partial charge in [0, 0.05) is 22.9 Å². The van der Waals surface area contributed by atoms with Gasteiger partial charge in [-0.3, -0.25) is 9.59 Å². The molecule has 120 valence electrons. The molecular formula is C20H17NO2S. The summed E-state index contributed by atoms with van der Waals surface area (Å²) in [6.07, 6.45) is 0.699. The van der Waals surface area contributed by atoms with Crippen molar-refractivity contribution in [1.82, 2.24) is 4.98 Å². The zero-order valence-electron chi connectivity index (χ0n) is 13.4. The zero-order chi connectivity index (χ0) is 16.9. The van der Waals surface area contributed by atoms with E-state index < -0.39 is 0 Å². The minimum atomic E-state index is 0.0401. The lowest BCUT2D eigenvalue weighted by atomic mass is 10.0. The molecule has 0 unspecified atom stereocenters. The number of hydrogen-bond acceptors (Lipinski definition) is 4. The van der Waals surface area contributed by atoms with Crippen LogP contribution in [0.3, 0.4) is 0 Å². The molecule has 24 heavy (non-hydrogen) atoms. The van der Waals surface area contributed by atoms with Crippen molar-refractivity contribution in [1.29, 1.82) is 0 Å². The van der Waals surface area contributed by atoms with Crippen LogP contribution < -0.4 is 0 Å². The predicted octanol–water partition coefficient (Wildman–Crippen LogP) is 4.37. The Morgan fingerprint density at radius 2 is 1.67 bits per heavy atom. The van der Waals surface area contributed by atoms with Gasteiger partial charge in [-0.15, -0.1) is 11.3 Å². The van der Waals surface area contributed by atoms with E-state index in [0.717, 1.165) is 21.8 Å². The van der Waals surface area contributed by atoms with Crippen molar-refractivity contribution in [3.8, 4) is 11.3 Å². The predicted molar refractivity (Wildman–Crippen MR) is 96.4 cm³/mol. The molecule has 0 atom stereocenters. The highest BCUT2D eigenvalue weighted by Crippen LogP contribution is 2.22. The van der Waals surface area contributed by atoms with Crippen LogP contribution in [0, 0.1) is 0 Å². The molecule has 0 radical (unpaired) electrons. The lowest BCUT2D eigenvalue weighted by molar-refractivity contribution is -0.116. The van der Waals surface area contributed by atoms with Crippen molar-refractivity contribution >= 4 is 22.9 Å². The average molecular weight is 335 g/mol. The Labute approximate surface area is 145 Å². The Balaban J connectivity index is 1.69. The number of hydrogen-bond donors (Lipinski definition) is 0. The van der Waals surface area contributed by atoms with E-state index in [1.54, 1.807) is 19.1 Å². The molecule has 3 nitrogen and oxygen atoms in total. The SMILES string of the molecule is CC(=O)Cc1ccc(C(=O)Cc2nc(-c3ccccc3)cs2)cc1. The largest absolute Gasteiger partial charge is 0.300 e. The molecule has 3 aromatic rings. The third kappa shape index (κ3) is 4.03. The van der Waals surface area contributed by atoms with Crippen molar-refractivity contribution in [3.63, 3.8) is 0 Å². The summed E-state index contributed by atoms with van der Waals surface area (Å²) in [6, 6.07) is 17.2. The number of ketones is 2. The molecule has 0 aliphatic rings. The van der Waals surface area contributed by atoms with E-state index in [0.29, 0.717) is 18.4 Å². The lowest BCUT2D eigenvalue weighted by Crippen LogP contribution is -2.04. The third-order valence-corrected chi connectivity index (χ3v) is 4.51. The van der Waals surface area contributed by atoms with Crippen LogP contribution in [-0.4, -0.2) is 16.6 Å². The first-order valence-electron chi connectivity index (χ1n) is 7.73. The maximum Gasteiger partial charge on any atom is 0.169 e. The molecule has 0 spiro atoms. The molecule has 4 heteroatoms. The van der Waals surface area contributed by atoms with Crippen LogP contribution in [0.25, 0.3) is 11.3 Å². The fraction of sp³-hybridized carbons (Fsp3) is 0.150. The second-order valence-electron chi connectivity index (χ2n) is 5.67. The fourth-order valence-corrected chi connectivity index (χ4v) is 3.27. The highest BCUT2D eigenvalue weighted by molar-refractivity contribution is 7.10. The molecule has 3 rings (SSSR count). The van der Waals surface area contributed by atoms with Gasteiger partial charge in [0.2, 0.25) is 0 Å². The molecule has 0 N–H and O–H groups in total. The number of rotatable bonds is 6. The normalized spacial score (nSPS) is 10.5. The highest BCUT2D eigenvalue weighted by Gasteiger charge is 2.11. The Morgan fingerprint density at radius 3 is 2.33 bits per heavy atom. The summed E-state index contributed by atoms with van der Waals surface area (Å²) in [4.78, 5) is 28.1. The van der Waals surface area contributed by atoms with Gasteiger partial charge < -0.3 is 0 Å². The first kappa shape index (κ1) is 16.3. The van der Waals surface area contributed by atoms with Crippen molar-refractivity contribution in [3.05, 3.63) is 76.1 Å². The van der Waals surface area contributed by atoms with Gasteiger partial charge in [-0.1, -0.05) is 54.6 Å². The van der Waals surface area contributed by atoms with Crippen molar-refractivity contribution in [2.75, 3.05) is 0 Å². The number of carbonyl (C=O) groups excluding carboxylic acids is 2. The summed E-state index contributed by atoms with van der Waals surface area (Å²) in [5.74, 6) is 0.156. The van der Waals surface area contributed by atoms with E-state index in [9.17, 15) is 9.59 Å². The number of carbonyl (C=O) groups is 2. The molecule has 0 amide bonds. The highest BCUT2D eigenvalue weighted by atomic mass is 32.1. The van der Waals surface area contributed by atoms with Gasteiger partial charge in [-0.2, -0.15) is 0 Å². The van der Waals surface area contributed by atoms with Gasteiger partial charge in [0.05, 0.1) is 12.1 Å². The minimum Gasteiger partial charge on any atom is -0.300 e. The molecule has 0 aliphatic carbocycles. The van der Waals surface area contributed by atoms with Crippen LogP contribution in [0.15, 0.2) is 60.0 Å². The van der Waals surface area contributed by atoms with E-state index in [-0.39, 0.29) is 11.6 Å². The second-order valence-corrected chi connectivity index (χ2v) is 6.61. The van der Waals surface area contributed by atoms with Crippen LogP contribution in [-0.2, 0) is 17.6 Å². The molecule has 0 saturated heterocycles. The van der Waals surface area contributed by atoms with Gasteiger partial charge in [0.25, 0.3) is 0 Å². The van der Waals surface area contributed by atoms with E-state index in [2.05, 4.69) is 4.98 Å². The standard InChI is InChI=1S/C20H17NO2S/c1-14(22)11-15-7-9-17(10-8-15)19(23)12-20-21-18(13-24-20)16-5-3-2-4-6-16/h2-10,13H,11-12H2,1H3. The third-order valence-electron chi connectivity index (χ3n) is 3.66. The number of Topliss-reactive ketones (excluding diaryl/α,β-unsaturated/α-hetero) is 2. The van der Waals surface area contributed by atoms with Crippen molar-refractivity contribution in [2.45, 2.75) is 19.8 Å². The maximum atomic E-state index is 12.4. The van der Waals surface area contributed by atoms with Crippen LogP contribution in [0.2, 0.25) is 0 Å². The topological polar surface area (TPSA) is 47.0 Å². The monoisotopic (exact) mass is 335 g/mol. The van der Waals surface area contributed by atoms with Crippen LogP contribution in [0.4, 0.5) is 0 Å². The van der Waals surface area contributed by atoms with Gasteiger partial charge in [0.1, 0.15) is 10.8 Å². The first-order chi connectivity index (χ1) is 11.6. The van der Waals surface area contributed by atoms with Gasteiger partial charge in [-0.05, 0) is 12.5 Å². The summed E-state index contributed by atoms with van der Waals surface area (Å²) < 4.78 is 0. The van der Waals surface area contributed by atoms with Gasteiger partial charge in [-0.25, -0.2) is 4.98 Å². The fourth-order valence-electron chi connectivity index (χ4n) is 2.47. The molecule has 1 heterocycles. The Morgan fingerprint density at radius 1 is 0.958 bits per heavy atom. The number of thiazole rings is 1. The van der Waals surface area contributed by atoms with Crippen molar-refractivity contribution in [2.24, 2.45) is 0 Å². The summed E-state index contributed by atoms with van der Waals surface area (Å²) in [5.41, 5.74) is 3.54. The summed E-state index contributed by atoms with van der Waals surface area (Å²) in [5, 5.41) is 2.79. The summed E-state index contributed by atoms with van der Waals surface area (Å²) in [7, 11) is 0. The van der Waals surface area contributed by atoms with Crippen molar-refractivity contribution < 1.29 is 9.59 Å². The molecule has 0 aliphatic heterocycles. The van der Waals surface area contributed by atoms with E-state index in [1.807, 2.05) is 47.8 Å². The quantitative estimate of drug-likeness (QED) is 0.629. The molecular weight excluding hydrogens is 318 g/mol. The molecule has 0 saturated carbocycles. The van der Waals surface area contributed by atoms with E-state index >= 15 is 0 Å². The van der Waals surface area contributed by atoms with Crippen LogP contribution >= 0.6 is 11.3 Å². The first-order valence-corrected chi connectivity index (χ1v) is 8.61. The van der Waals surface area contributed by atoms with E-state index in [1.165, 1.54) is 11.3 Å². The molecule has 1 aromatic heterocycles. The van der Waals surface area contributed by atoms with Gasteiger partial charge >= 0.3 is 0 Å². The van der Waals surface area contributed by atoms with Crippen LogP contribution in [0.1, 0.15) is 27.9 Å².